The van der Waals surface area contributed by atoms with Gasteiger partial charge in [-0.15, -0.1) is 0 Å². The molecule has 2 aromatic rings. The lowest BCUT2D eigenvalue weighted by Crippen LogP contribution is -2.39. The maximum atomic E-state index is 11.7. The largest absolute Gasteiger partial charge is 0.393 e. The van der Waals surface area contributed by atoms with Gasteiger partial charge in [0, 0.05) is 6.04 Å². The van der Waals surface area contributed by atoms with Gasteiger partial charge in [0.1, 0.15) is 30.7 Å². The lowest BCUT2D eigenvalue weighted by Gasteiger charge is -2.29. The number of hydrogen-bond donors (Lipinski definition) is 7. The lowest BCUT2D eigenvalue weighted by molar-refractivity contribution is -0.104. The third-order valence-electron chi connectivity index (χ3n) is 6.48. The van der Waals surface area contributed by atoms with Gasteiger partial charge < -0.3 is 45.0 Å². The van der Waals surface area contributed by atoms with Crippen molar-refractivity contribution in [2.24, 2.45) is 0 Å². The summed E-state index contributed by atoms with van der Waals surface area (Å²) in [6, 6.07) is 0.219. The number of aliphatic hydroxyl groups is 4. The molecule has 0 spiro atoms. The van der Waals surface area contributed by atoms with Crippen molar-refractivity contribution < 1.29 is 44.3 Å². The molecular formula is C21H30N5O9P. The lowest BCUT2D eigenvalue weighted by atomic mass is 10.1. The Morgan fingerprint density at radius 2 is 1.97 bits per heavy atom. The summed E-state index contributed by atoms with van der Waals surface area (Å²) in [4.78, 5) is 27.8. The quantitative estimate of drug-likeness (QED) is 0.163. The summed E-state index contributed by atoms with van der Waals surface area (Å²) in [5.74, 6) is 5.79. The van der Waals surface area contributed by atoms with E-state index in [4.69, 9.17) is 14.6 Å². The van der Waals surface area contributed by atoms with Crippen LogP contribution in [0.5, 0.6) is 0 Å². The van der Waals surface area contributed by atoms with Crippen LogP contribution in [-0.2, 0) is 14.0 Å². The smallest absolute Gasteiger partial charge is 0.359 e. The molecule has 15 heteroatoms. The molecule has 198 valence electrons. The van der Waals surface area contributed by atoms with Crippen molar-refractivity contribution in [3.05, 3.63) is 12.0 Å². The van der Waals surface area contributed by atoms with Crippen molar-refractivity contribution in [3.63, 3.8) is 0 Å². The zero-order valence-electron chi connectivity index (χ0n) is 19.6. The number of aromatic nitrogens is 4. The first-order valence-electron chi connectivity index (χ1n) is 11.5. The van der Waals surface area contributed by atoms with Crippen molar-refractivity contribution in [1.82, 2.24) is 19.7 Å². The molecule has 0 unspecified atom stereocenters. The van der Waals surface area contributed by atoms with E-state index >= 15 is 0 Å². The first-order chi connectivity index (χ1) is 17.1. The van der Waals surface area contributed by atoms with E-state index < -0.39 is 50.7 Å². The van der Waals surface area contributed by atoms with E-state index in [0.717, 1.165) is 32.6 Å². The van der Waals surface area contributed by atoms with Crippen LogP contribution in [0.4, 0.5) is 5.82 Å². The second-order valence-electron chi connectivity index (χ2n) is 9.04. The molecule has 0 radical (unpaired) electrons. The standard InChI is InChI=1S/C21H30N5O9P/c1-21(11-28,36(31,32)33)34-10-14-16(29)17(30)20(35-14)26-19-13(9-22-26)18(23-12-5-2-3-6-12)24-15(25-19)7-4-8-27/h9,12,14,16-17,20,27-30H,2-3,5-6,8,10-11H2,1H3,(H,23,24,25)(H2,31,32,33)/t14-,16-,17-,20-,21+/m0/s1. The van der Waals surface area contributed by atoms with E-state index in [1.807, 2.05) is 0 Å². The van der Waals surface area contributed by atoms with Crippen LogP contribution >= 0.6 is 7.60 Å². The fraction of sp³-hybridized carbons (Fsp3) is 0.667. The zero-order chi connectivity index (χ0) is 26.1. The van der Waals surface area contributed by atoms with E-state index in [9.17, 15) is 29.7 Å². The number of hydrogen-bond acceptors (Lipinski definition) is 11. The normalized spacial score (nSPS) is 26.6. The molecule has 0 bridgehead atoms. The van der Waals surface area contributed by atoms with Crippen LogP contribution in [0.15, 0.2) is 6.20 Å². The second-order valence-corrected chi connectivity index (χ2v) is 11.1. The molecular weight excluding hydrogens is 497 g/mol. The molecule has 2 aliphatic rings. The highest BCUT2D eigenvalue weighted by Crippen LogP contribution is 2.51. The topological polar surface area (TPSA) is 213 Å². The zero-order valence-corrected chi connectivity index (χ0v) is 20.5. The Balaban J connectivity index is 1.62. The van der Waals surface area contributed by atoms with Crippen LogP contribution in [-0.4, -0.2) is 99.5 Å². The molecule has 1 aliphatic carbocycles. The number of fused-ring (bicyclic) bond motifs is 1. The Hall–Kier alpha value is -2.18. The molecule has 4 rings (SSSR count). The van der Waals surface area contributed by atoms with E-state index in [-0.39, 0.29) is 24.1 Å². The number of nitrogens with one attached hydrogen (secondary N) is 1. The summed E-state index contributed by atoms with van der Waals surface area (Å²) in [7, 11) is -4.85. The van der Waals surface area contributed by atoms with Gasteiger partial charge in [0.05, 0.1) is 24.8 Å². The number of rotatable bonds is 8. The summed E-state index contributed by atoms with van der Waals surface area (Å²) in [6.07, 6.45) is 0.299. The fourth-order valence-corrected chi connectivity index (χ4v) is 4.64. The molecule has 0 amide bonds. The van der Waals surface area contributed by atoms with Crippen molar-refractivity contribution in [1.29, 1.82) is 0 Å². The Labute approximate surface area is 206 Å². The molecule has 5 atom stereocenters. The Kier molecular flexibility index (Phi) is 7.96. The average Bonchev–Trinajstić information content (AvgIpc) is 3.56. The number of aliphatic hydroxyl groups excluding tert-OH is 4. The van der Waals surface area contributed by atoms with Crippen LogP contribution < -0.4 is 5.32 Å². The van der Waals surface area contributed by atoms with Crippen molar-refractivity contribution in [2.45, 2.75) is 68.5 Å². The average molecular weight is 527 g/mol. The van der Waals surface area contributed by atoms with Gasteiger partial charge in [-0.3, -0.25) is 4.57 Å². The van der Waals surface area contributed by atoms with Crippen LogP contribution in [0.25, 0.3) is 11.0 Å². The maximum Gasteiger partial charge on any atom is 0.359 e. The minimum Gasteiger partial charge on any atom is -0.393 e. The molecule has 2 aromatic heterocycles. The third-order valence-corrected chi connectivity index (χ3v) is 7.98. The van der Waals surface area contributed by atoms with E-state index in [1.54, 1.807) is 0 Å². The highest BCUT2D eigenvalue weighted by Gasteiger charge is 2.48. The van der Waals surface area contributed by atoms with Crippen LogP contribution in [0.1, 0.15) is 44.7 Å². The first-order valence-corrected chi connectivity index (χ1v) is 13.1. The molecule has 2 fully saturated rings. The van der Waals surface area contributed by atoms with Crippen molar-refractivity contribution >= 4 is 24.4 Å². The summed E-state index contributed by atoms with van der Waals surface area (Å²) in [5.41, 5.74) is 0.265. The first kappa shape index (κ1) is 26.9. The molecule has 1 aliphatic heterocycles. The summed E-state index contributed by atoms with van der Waals surface area (Å²) in [6.45, 7) is -0.839. The predicted octanol–water partition coefficient (Wildman–Crippen LogP) is -0.953. The van der Waals surface area contributed by atoms with Gasteiger partial charge in [-0.2, -0.15) is 5.10 Å². The highest BCUT2D eigenvalue weighted by molar-refractivity contribution is 7.53. The molecule has 14 nitrogen and oxygen atoms in total. The molecule has 1 saturated heterocycles. The van der Waals surface area contributed by atoms with Gasteiger partial charge in [-0.25, -0.2) is 14.6 Å². The van der Waals surface area contributed by atoms with Gasteiger partial charge in [0.2, 0.25) is 5.82 Å². The summed E-state index contributed by atoms with van der Waals surface area (Å²) >= 11 is 0. The Bertz CT molecular complexity index is 1190. The van der Waals surface area contributed by atoms with Crippen LogP contribution in [0.3, 0.4) is 0 Å². The fourth-order valence-electron chi connectivity index (χ4n) is 4.21. The monoisotopic (exact) mass is 527 g/mol. The summed E-state index contributed by atoms with van der Waals surface area (Å²) < 4.78 is 24.0. The number of anilines is 1. The van der Waals surface area contributed by atoms with Crippen molar-refractivity contribution in [3.8, 4) is 11.8 Å². The van der Waals surface area contributed by atoms with Crippen LogP contribution in [0, 0.1) is 11.8 Å². The minimum atomic E-state index is -4.85. The molecule has 0 aromatic carbocycles. The molecule has 1 saturated carbocycles. The number of ether oxygens (including phenoxy) is 2. The highest BCUT2D eigenvalue weighted by atomic mass is 31.2. The predicted molar refractivity (Wildman–Crippen MR) is 125 cm³/mol. The molecule has 36 heavy (non-hydrogen) atoms. The molecule has 7 N–H and O–H groups in total. The van der Waals surface area contributed by atoms with Gasteiger partial charge in [0.15, 0.2) is 17.2 Å². The van der Waals surface area contributed by atoms with Gasteiger partial charge in [-0.05, 0) is 25.7 Å². The minimum absolute atomic E-state index is 0.118. The van der Waals surface area contributed by atoms with Crippen LogP contribution in [0.2, 0.25) is 0 Å². The van der Waals surface area contributed by atoms with E-state index in [1.165, 1.54) is 10.9 Å². The maximum absolute atomic E-state index is 11.7. The summed E-state index contributed by atoms with van der Waals surface area (Å²) in [5, 5.41) is 45.7. The Morgan fingerprint density at radius 1 is 1.25 bits per heavy atom. The Morgan fingerprint density at radius 3 is 2.61 bits per heavy atom. The number of nitrogens with zero attached hydrogens (tertiary/aromatic N) is 4. The van der Waals surface area contributed by atoms with E-state index in [0.29, 0.717) is 11.2 Å². The van der Waals surface area contributed by atoms with Gasteiger partial charge >= 0.3 is 7.60 Å². The van der Waals surface area contributed by atoms with Crippen molar-refractivity contribution in [2.75, 3.05) is 25.1 Å². The van der Waals surface area contributed by atoms with Gasteiger partial charge in [-0.1, -0.05) is 18.8 Å². The van der Waals surface area contributed by atoms with Gasteiger partial charge in [0.25, 0.3) is 0 Å². The SMILES string of the molecule is C[C@@](CO)(OC[C@@H]1O[C@H](n2ncc3c(NC4CCCC4)nc(C#CCO)nc32)[C@@H](O)[C@H]1O)P(=O)(O)O. The third kappa shape index (κ3) is 5.26. The van der Waals surface area contributed by atoms with E-state index in [2.05, 4.69) is 32.2 Å². The second kappa shape index (κ2) is 10.7. The molecule has 3 heterocycles.